The van der Waals surface area contributed by atoms with Crippen LogP contribution < -0.4 is 0 Å². The van der Waals surface area contributed by atoms with Gasteiger partial charge in [0.25, 0.3) is 0 Å². The number of fused-ring (bicyclic) bond motifs is 1. The Bertz CT molecular complexity index is 1060. The second-order valence-corrected chi connectivity index (χ2v) is 8.68. The molecule has 136 valence electrons. The Labute approximate surface area is 151 Å². The maximum atomic E-state index is 14.0. The molecule has 1 atom stereocenters. The Morgan fingerprint density at radius 2 is 2.04 bits per heavy atom. The van der Waals surface area contributed by atoms with Gasteiger partial charge in [-0.2, -0.15) is 4.31 Å². The van der Waals surface area contributed by atoms with Crippen LogP contribution in [0.1, 0.15) is 30.1 Å². The molecule has 1 saturated heterocycles. The van der Waals surface area contributed by atoms with Crippen molar-refractivity contribution >= 4 is 21.1 Å². The number of H-pyrrole nitrogens is 1. The highest BCUT2D eigenvalue weighted by atomic mass is 32.2. The molecule has 0 bridgehead atoms. The van der Waals surface area contributed by atoms with Crippen LogP contribution >= 0.6 is 0 Å². The van der Waals surface area contributed by atoms with Crippen LogP contribution in [0.4, 0.5) is 4.39 Å². The minimum atomic E-state index is -3.85. The van der Waals surface area contributed by atoms with Crippen molar-refractivity contribution in [3.8, 4) is 0 Å². The predicted molar refractivity (Wildman–Crippen MR) is 98.0 cm³/mol. The van der Waals surface area contributed by atoms with Gasteiger partial charge in [0.05, 0.1) is 11.0 Å². The highest BCUT2D eigenvalue weighted by molar-refractivity contribution is 7.89. The molecular formula is C19H20FN3O2S. The van der Waals surface area contributed by atoms with Crippen molar-refractivity contribution in [3.05, 3.63) is 59.7 Å². The Hall–Kier alpha value is -2.25. The fraction of sp³-hybridized carbons (Fsp3) is 0.316. The smallest absolute Gasteiger partial charge is 0.246 e. The average molecular weight is 373 g/mol. The van der Waals surface area contributed by atoms with Gasteiger partial charge >= 0.3 is 0 Å². The lowest BCUT2D eigenvalue weighted by Crippen LogP contribution is -2.39. The van der Waals surface area contributed by atoms with Crippen molar-refractivity contribution < 1.29 is 12.8 Å². The summed E-state index contributed by atoms with van der Waals surface area (Å²) in [6.45, 7) is 2.71. The molecular weight excluding hydrogens is 353 g/mol. The average Bonchev–Trinajstić information content (AvgIpc) is 3.05. The van der Waals surface area contributed by atoms with Crippen LogP contribution in [0.2, 0.25) is 0 Å². The maximum Gasteiger partial charge on any atom is 0.246 e. The van der Waals surface area contributed by atoms with Crippen LogP contribution in [0.3, 0.4) is 0 Å². The molecule has 0 amide bonds. The summed E-state index contributed by atoms with van der Waals surface area (Å²) in [5, 5.41) is 0. The van der Waals surface area contributed by atoms with E-state index in [1.807, 2.05) is 25.1 Å². The molecule has 7 heteroatoms. The number of imidazole rings is 1. The number of aromatic amines is 1. The fourth-order valence-electron chi connectivity index (χ4n) is 3.51. The van der Waals surface area contributed by atoms with Gasteiger partial charge in [-0.3, -0.25) is 0 Å². The number of aromatic nitrogens is 2. The van der Waals surface area contributed by atoms with Crippen LogP contribution in [-0.2, 0) is 10.0 Å². The third-order valence-corrected chi connectivity index (χ3v) is 6.78. The minimum Gasteiger partial charge on any atom is -0.342 e. The zero-order valence-electron chi connectivity index (χ0n) is 14.4. The van der Waals surface area contributed by atoms with E-state index in [-0.39, 0.29) is 10.8 Å². The molecule has 4 rings (SSSR count). The van der Waals surface area contributed by atoms with Crippen molar-refractivity contribution in [2.75, 3.05) is 13.1 Å². The van der Waals surface area contributed by atoms with Crippen LogP contribution in [-0.4, -0.2) is 35.8 Å². The summed E-state index contributed by atoms with van der Waals surface area (Å²) >= 11 is 0. The molecule has 1 aliphatic heterocycles. The number of nitrogens with one attached hydrogen (secondary N) is 1. The molecule has 5 nitrogen and oxygen atoms in total. The van der Waals surface area contributed by atoms with Crippen molar-refractivity contribution in [3.63, 3.8) is 0 Å². The first-order valence-electron chi connectivity index (χ1n) is 8.66. The summed E-state index contributed by atoms with van der Waals surface area (Å²) in [6.07, 6.45) is 1.57. The number of hydrogen-bond donors (Lipinski definition) is 1. The van der Waals surface area contributed by atoms with Gasteiger partial charge in [-0.15, -0.1) is 0 Å². The molecule has 1 aliphatic rings. The van der Waals surface area contributed by atoms with Crippen molar-refractivity contribution in [1.29, 1.82) is 0 Å². The lowest BCUT2D eigenvalue weighted by molar-refractivity contribution is 0.309. The SMILES string of the molecule is Cc1ccc2nc(C3CCCN(S(=O)(=O)c4ccccc4F)C3)[nH]c2c1. The molecule has 0 spiro atoms. The van der Waals surface area contributed by atoms with E-state index in [0.29, 0.717) is 19.5 Å². The van der Waals surface area contributed by atoms with E-state index in [0.717, 1.165) is 28.8 Å². The Kier molecular flexibility index (Phi) is 4.28. The Balaban J connectivity index is 1.63. The molecule has 2 aromatic carbocycles. The summed E-state index contributed by atoms with van der Waals surface area (Å²) in [4.78, 5) is 7.69. The summed E-state index contributed by atoms with van der Waals surface area (Å²) in [6, 6.07) is 11.5. The third-order valence-electron chi connectivity index (χ3n) is 4.88. The van der Waals surface area contributed by atoms with Gasteiger partial charge in [-0.05, 0) is 49.6 Å². The predicted octanol–water partition coefficient (Wildman–Crippen LogP) is 3.58. The number of halogens is 1. The zero-order valence-corrected chi connectivity index (χ0v) is 15.3. The van der Waals surface area contributed by atoms with Gasteiger partial charge < -0.3 is 4.98 Å². The first-order chi connectivity index (χ1) is 12.4. The molecule has 0 radical (unpaired) electrons. The van der Waals surface area contributed by atoms with Gasteiger partial charge in [0.2, 0.25) is 10.0 Å². The quantitative estimate of drug-likeness (QED) is 0.763. The first-order valence-corrected chi connectivity index (χ1v) is 10.1. The van der Waals surface area contributed by atoms with E-state index in [1.165, 1.54) is 22.5 Å². The van der Waals surface area contributed by atoms with E-state index in [2.05, 4.69) is 9.97 Å². The molecule has 1 fully saturated rings. The highest BCUT2D eigenvalue weighted by Crippen LogP contribution is 2.30. The van der Waals surface area contributed by atoms with Crippen molar-refractivity contribution in [2.24, 2.45) is 0 Å². The molecule has 3 aromatic rings. The number of aryl methyl sites for hydroxylation is 1. The molecule has 2 heterocycles. The summed E-state index contributed by atoms with van der Waals surface area (Å²) in [5.41, 5.74) is 2.97. The molecule has 26 heavy (non-hydrogen) atoms. The number of nitrogens with zero attached hydrogens (tertiary/aromatic N) is 2. The number of rotatable bonds is 3. The molecule has 1 aromatic heterocycles. The van der Waals surface area contributed by atoms with Gasteiger partial charge in [0.1, 0.15) is 16.5 Å². The van der Waals surface area contributed by atoms with E-state index >= 15 is 0 Å². The van der Waals surface area contributed by atoms with Crippen LogP contribution in [0.25, 0.3) is 11.0 Å². The summed E-state index contributed by atoms with van der Waals surface area (Å²) in [7, 11) is -3.85. The molecule has 1 N–H and O–H groups in total. The zero-order chi connectivity index (χ0) is 18.3. The van der Waals surface area contributed by atoms with Gasteiger partial charge in [-0.25, -0.2) is 17.8 Å². The largest absolute Gasteiger partial charge is 0.342 e. The molecule has 0 aliphatic carbocycles. The fourth-order valence-corrected chi connectivity index (χ4v) is 5.10. The normalized spacial score (nSPS) is 19.1. The van der Waals surface area contributed by atoms with Crippen molar-refractivity contribution in [1.82, 2.24) is 14.3 Å². The number of piperidine rings is 1. The Morgan fingerprint density at radius 1 is 1.23 bits per heavy atom. The van der Waals surface area contributed by atoms with Crippen LogP contribution in [0.5, 0.6) is 0 Å². The van der Waals surface area contributed by atoms with Gasteiger partial charge in [0.15, 0.2) is 0 Å². The first kappa shape index (κ1) is 17.2. The van der Waals surface area contributed by atoms with Crippen LogP contribution in [0, 0.1) is 12.7 Å². The van der Waals surface area contributed by atoms with E-state index in [9.17, 15) is 12.8 Å². The minimum absolute atomic E-state index is 0.0296. The molecule has 1 unspecified atom stereocenters. The lowest BCUT2D eigenvalue weighted by Gasteiger charge is -2.31. The maximum absolute atomic E-state index is 14.0. The standard InChI is InChI=1S/C19H20FN3O2S/c1-13-8-9-16-17(11-13)22-19(21-16)14-5-4-10-23(12-14)26(24,25)18-7-3-2-6-15(18)20/h2-3,6-9,11,14H,4-5,10,12H2,1H3,(H,21,22). The van der Waals surface area contributed by atoms with Gasteiger partial charge in [0, 0.05) is 19.0 Å². The number of hydrogen-bond acceptors (Lipinski definition) is 3. The third kappa shape index (κ3) is 3.01. The van der Waals surface area contributed by atoms with Crippen LogP contribution in [0.15, 0.2) is 47.4 Å². The molecule has 0 saturated carbocycles. The summed E-state index contributed by atoms with van der Waals surface area (Å²) < 4.78 is 41.1. The van der Waals surface area contributed by atoms with E-state index in [1.54, 1.807) is 6.07 Å². The number of sulfonamides is 1. The number of benzene rings is 2. The van der Waals surface area contributed by atoms with E-state index < -0.39 is 15.8 Å². The van der Waals surface area contributed by atoms with E-state index in [4.69, 9.17) is 0 Å². The Morgan fingerprint density at radius 3 is 2.85 bits per heavy atom. The highest BCUT2D eigenvalue weighted by Gasteiger charge is 2.33. The second-order valence-electron chi connectivity index (χ2n) is 6.78. The topological polar surface area (TPSA) is 66.1 Å². The second kappa shape index (κ2) is 6.48. The summed E-state index contributed by atoms with van der Waals surface area (Å²) in [5.74, 6) is 0.0471. The van der Waals surface area contributed by atoms with Crippen molar-refractivity contribution in [2.45, 2.75) is 30.6 Å². The monoisotopic (exact) mass is 373 g/mol. The lowest BCUT2D eigenvalue weighted by atomic mass is 9.99. The van der Waals surface area contributed by atoms with Gasteiger partial charge in [-0.1, -0.05) is 18.2 Å².